The van der Waals surface area contributed by atoms with Crippen molar-refractivity contribution in [1.29, 1.82) is 0 Å². The van der Waals surface area contributed by atoms with Crippen LogP contribution in [-0.4, -0.2) is 25.1 Å². The maximum absolute atomic E-state index is 12.3. The van der Waals surface area contributed by atoms with Gasteiger partial charge in [0.05, 0.1) is 29.0 Å². The number of aromatic nitrogens is 1. The zero-order valence-corrected chi connectivity index (χ0v) is 15.1. The zero-order valence-electron chi connectivity index (χ0n) is 12.7. The molecule has 0 aliphatic carbocycles. The maximum Gasteiger partial charge on any atom is 0.257 e. The largest absolute Gasteiger partial charge is 0.497 e. The molecule has 5 nitrogen and oxygen atoms in total. The van der Waals surface area contributed by atoms with E-state index >= 15 is 0 Å². The number of rotatable bonds is 4. The first-order valence-electron chi connectivity index (χ1n) is 6.81. The summed E-state index contributed by atoms with van der Waals surface area (Å²) in [6, 6.07) is 8.26. The van der Waals surface area contributed by atoms with Gasteiger partial charge in [0.15, 0.2) is 5.13 Å². The number of halogens is 2. The van der Waals surface area contributed by atoms with Crippen molar-refractivity contribution in [1.82, 2.24) is 4.98 Å². The summed E-state index contributed by atoms with van der Waals surface area (Å²) in [5, 5.41) is 3.92. The highest BCUT2D eigenvalue weighted by Gasteiger charge is 2.14. The molecular weight excluding hydrogens is 371 g/mol. The number of anilines is 1. The number of carbonyl (C=O) groups is 1. The van der Waals surface area contributed by atoms with Gasteiger partial charge >= 0.3 is 0 Å². The normalized spacial score (nSPS) is 10.7. The van der Waals surface area contributed by atoms with Crippen LogP contribution in [0, 0.1) is 0 Å². The summed E-state index contributed by atoms with van der Waals surface area (Å²) in [4.78, 5) is 16.7. The van der Waals surface area contributed by atoms with Crippen molar-refractivity contribution in [3.63, 3.8) is 0 Å². The van der Waals surface area contributed by atoms with Crippen molar-refractivity contribution in [3.05, 3.63) is 45.9 Å². The minimum Gasteiger partial charge on any atom is -0.497 e. The lowest BCUT2D eigenvalue weighted by atomic mass is 10.2. The van der Waals surface area contributed by atoms with E-state index < -0.39 is 0 Å². The Morgan fingerprint density at radius 3 is 2.58 bits per heavy atom. The number of nitrogens with one attached hydrogen (secondary N) is 1. The Hall–Kier alpha value is -2.02. The number of methoxy groups -OCH3 is 2. The van der Waals surface area contributed by atoms with Gasteiger partial charge in [-0.25, -0.2) is 4.98 Å². The topological polar surface area (TPSA) is 60.5 Å². The molecule has 2 aromatic carbocycles. The molecule has 124 valence electrons. The third-order valence-corrected chi connectivity index (χ3v) is 4.95. The van der Waals surface area contributed by atoms with Crippen molar-refractivity contribution < 1.29 is 14.3 Å². The van der Waals surface area contributed by atoms with Gasteiger partial charge < -0.3 is 9.47 Å². The number of nitrogens with zero attached hydrogens (tertiary/aromatic N) is 1. The third kappa shape index (κ3) is 3.26. The van der Waals surface area contributed by atoms with E-state index in [0.717, 1.165) is 4.70 Å². The molecule has 1 aromatic heterocycles. The van der Waals surface area contributed by atoms with E-state index in [0.29, 0.717) is 37.8 Å². The first kappa shape index (κ1) is 16.8. The Labute approximate surface area is 152 Å². The molecule has 1 N–H and O–H groups in total. The minimum absolute atomic E-state index is 0.319. The molecule has 0 unspecified atom stereocenters. The number of fused-ring (bicyclic) bond motifs is 1. The Balaban J connectivity index is 1.92. The quantitative estimate of drug-likeness (QED) is 0.698. The van der Waals surface area contributed by atoms with Gasteiger partial charge in [-0.2, -0.15) is 0 Å². The first-order valence-corrected chi connectivity index (χ1v) is 8.38. The van der Waals surface area contributed by atoms with E-state index in [4.69, 9.17) is 32.7 Å². The van der Waals surface area contributed by atoms with E-state index in [1.54, 1.807) is 32.4 Å². The monoisotopic (exact) mass is 382 g/mol. The highest BCUT2D eigenvalue weighted by molar-refractivity contribution is 7.22. The van der Waals surface area contributed by atoms with E-state index in [2.05, 4.69) is 10.3 Å². The first-order chi connectivity index (χ1) is 11.5. The molecule has 0 bridgehead atoms. The van der Waals surface area contributed by atoms with Crippen LogP contribution in [-0.2, 0) is 0 Å². The molecule has 1 heterocycles. The zero-order chi connectivity index (χ0) is 17.3. The van der Waals surface area contributed by atoms with Crippen LogP contribution in [0.15, 0.2) is 30.3 Å². The molecule has 0 atom stereocenters. The molecule has 1 amide bonds. The standard InChI is InChI=1S/C16H12Cl2N2O3S/c1-22-9-6-12(23-2)14-13(7-9)24-16(19-14)20-15(21)8-3-4-10(17)11(18)5-8/h3-7H,1-2H3,(H,19,20,21). The molecule has 0 radical (unpaired) electrons. The average Bonchev–Trinajstić information content (AvgIpc) is 2.98. The summed E-state index contributed by atoms with van der Waals surface area (Å²) >= 11 is 13.1. The minimum atomic E-state index is -0.321. The highest BCUT2D eigenvalue weighted by atomic mass is 35.5. The Bertz CT molecular complexity index is 927. The van der Waals surface area contributed by atoms with Crippen LogP contribution in [0.5, 0.6) is 11.5 Å². The summed E-state index contributed by atoms with van der Waals surface area (Å²) in [5.74, 6) is 0.916. The number of hydrogen-bond acceptors (Lipinski definition) is 5. The Morgan fingerprint density at radius 2 is 1.92 bits per heavy atom. The lowest BCUT2D eigenvalue weighted by Crippen LogP contribution is -2.11. The van der Waals surface area contributed by atoms with E-state index in [9.17, 15) is 4.79 Å². The molecule has 0 saturated carbocycles. The number of amides is 1. The van der Waals surface area contributed by atoms with Crippen LogP contribution < -0.4 is 14.8 Å². The van der Waals surface area contributed by atoms with Crippen LogP contribution in [0.3, 0.4) is 0 Å². The van der Waals surface area contributed by atoms with Gasteiger partial charge in [0.1, 0.15) is 17.0 Å². The highest BCUT2D eigenvalue weighted by Crippen LogP contribution is 2.36. The van der Waals surface area contributed by atoms with Gasteiger partial charge in [0, 0.05) is 11.6 Å². The molecule has 0 aliphatic heterocycles. The lowest BCUT2D eigenvalue weighted by Gasteiger charge is -2.04. The number of carbonyl (C=O) groups excluding carboxylic acids is 1. The smallest absolute Gasteiger partial charge is 0.257 e. The average molecular weight is 383 g/mol. The van der Waals surface area contributed by atoms with Gasteiger partial charge in [-0.1, -0.05) is 34.5 Å². The SMILES string of the molecule is COc1cc(OC)c2nc(NC(=O)c3ccc(Cl)c(Cl)c3)sc2c1. The molecule has 8 heteroatoms. The van der Waals surface area contributed by atoms with E-state index in [1.165, 1.54) is 17.4 Å². The molecule has 3 aromatic rings. The van der Waals surface area contributed by atoms with Gasteiger partial charge in [-0.05, 0) is 24.3 Å². The van der Waals surface area contributed by atoms with Crippen molar-refractivity contribution >= 4 is 55.8 Å². The van der Waals surface area contributed by atoms with E-state index in [-0.39, 0.29) is 5.91 Å². The van der Waals surface area contributed by atoms with Crippen molar-refractivity contribution in [3.8, 4) is 11.5 Å². The third-order valence-electron chi connectivity index (χ3n) is 3.29. The van der Waals surface area contributed by atoms with Crippen molar-refractivity contribution in [2.75, 3.05) is 19.5 Å². The molecule has 0 spiro atoms. The molecule has 0 aliphatic rings. The van der Waals surface area contributed by atoms with Gasteiger partial charge in [0.25, 0.3) is 5.91 Å². The second-order valence-corrected chi connectivity index (χ2v) is 6.62. The predicted octanol–water partition coefficient (Wildman–Crippen LogP) is 4.87. The Kier molecular flexibility index (Phi) is 4.80. The maximum atomic E-state index is 12.3. The van der Waals surface area contributed by atoms with Crippen LogP contribution in [0.2, 0.25) is 10.0 Å². The van der Waals surface area contributed by atoms with E-state index in [1.807, 2.05) is 6.07 Å². The summed E-state index contributed by atoms with van der Waals surface area (Å²) in [5.41, 5.74) is 1.06. The van der Waals surface area contributed by atoms with Crippen LogP contribution in [0.25, 0.3) is 10.2 Å². The second-order valence-electron chi connectivity index (χ2n) is 4.78. The molecule has 0 fully saturated rings. The Morgan fingerprint density at radius 1 is 1.12 bits per heavy atom. The summed E-state index contributed by atoms with van der Waals surface area (Å²) < 4.78 is 11.4. The van der Waals surface area contributed by atoms with Crippen LogP contribution >= 0.6 is 34.5 Å². The predicted molar refractivity (Wildman–Crippen MR) is 97.1 cm³/mol. The second kappa shape index (κ2) is 6.84. The number of ether oxygens (including phenoxy) is 2. The summed E-state index contributed by atoms with van der Waals surface area (Å²) in [6.07, 6.45) is 0. The van der Waals surface area contributed by atoms with Crippen molar-refractivity contribution in [2.24, 2.45) is 0 Å². The summed E-state index contributed by atoms with van der Waals surface area (Å²) in [6.45, 7) is 0. The fraction of sp³-hybridized carbons (Fsp3) is 0.125. The lowest BCUT2D eigenvalue weighted by molar-refractivity contribution is 0.102. The molecular formula is C16H12Cl2N2O3S. The van der Waals surface area contributed by atoms with Crippen molar-refractivity contribution in [2.45, 2.75) is 0 Å². The molecule has 0 saturated heterocycles. The van der Waals surface area contributed by atoms with Crippen LogP contribution in [0.1, 0.15) is 10.4 Å². The summed E-state index contributed by atoms with van der Waals surface area (Å²) in [7, 11) is 3.14. The van der Waals surface area contributed by atoms with Gasteiger partial charge in [-0.3, -0.25) is 10.1 Å². The molecule has 24 heavy (non-hydrogen) atoms. The molecule has 3 rings (SSSR count). The van der Waals surface area contributed by atoms with Gasteiger partial charge in [-0.15, -0.1) is 0 Å². The fourth-order valence-electron chi connectivity index (χ4n) is 2.11. The number of thiazole rings is 1. The number of hydrogen-bond donors (Lipinski definition) is 1. The van der Waals surface area contributed by atoms with Crippen LogP contribution in [0.4, 0.5) is 5.13 Å². The number of benzene rings is 2. The fourth-order valence-corrected chi connectivity index (χ4v) is 3.31. The van der Waals surface area contributed by atoms with Gasteiger partial charge in [0.2, 0.25) is 0 Å².